The zero-order chi connectivity index (χ0) is 19.4. The largest absolute Gasteiger partial charge is 0.504 e. The normalized spacial score (nSPS) is 15.9. The molecule has 0 bridgehead atoms. The van der Waals surface area contributed by atoms with Gasteiger partial charge in [0, 0.05) is 18.7 Å². The van der Waals surface area contributed by atoms with E-state index in [2.05, 4.69) is 11.8 Å². The van der Waals surface area contributed by atoms with Gasteiger partial charge in [0.15, 0.2) is 17.2 Å². The highest BCUT2D eigenvalue weighted by Crippen LogP contribution is 2.42. The van der Waals surface area contributed by atoms with Gasteiger partial charge in [0.1, 0.15) is 6.61 Å². The van der Waals surface area contributed by atoms with Crippen LogP contribution in [0.25, 0.3) is 0 Å². The lowest BCUT2D eigenvalue weighted by Gasteiger charge is -2.26. The highest BCUT2D eigenvalue weighted by atomic mass is 35.5. The summed E-state index contributed by atoms with van der Waals surface area (Å²) < 4.78 is 5.83. The highest BCUT2D eigenvalue weighted by molar-refractivity contribution is 6.37. The number of benzene rings is 2. The van der Waals surface area contributed by atoms with Crippen LogP contribution in [-0.2, 0) is 6.42 Å². The molecule has 6 heteroatoms. The second-order valence-electron chi connectivity index (χ2n) is 6.94. The van der Waals surface area contributed by atoms with E-state index >= 15 is 0 Å². The van der Waals surface area contributed by atoms with E-state index in [-0.39, 0.29) is 11.5 Å². The second-order valence-corrected chi connectivity index (χ2v) is 7.75. The third-order valence-electron chi connectivity index (χ3n) is 5.07. The Morgan fingerprint density at radius 3 is 2.56 bits per heavy atom. The summed E-state index contributed by atoms with van der Waals surface area (Å²) in [5, 5.41) is 20.8. The van der Waals surface area contributed by atoms with Crippen molar-refractivity contribution in [2.75, 3.05) is 26.2 Å². The first-order chi connectivity index (χ1) is 13.0. The number of rotatable bonds is 8. The number of nitrogens with zero attached hydrogens (tertiary/aromatic N) is 1. The number of halogens is 2. The van der Waals surface area contributed by atoms with E-state index in [9.17, 15) is 10.2 Å². The van der Waals surface area contributed by atoms with Gasteiger partial charge in [0.2, 0.25) is 0 Å². The van der Waals surface area contributed by atoms with E-state index in [0.717, 1.165) is 50.0 Å². The van der Waals surface area contributed by atoms with Gasteiger partial charge in [-0.1, -0.05) is 42.3 Å². The Labute approximate surface area is 170 Å². The Hall–Kier alpha value is -1.62. The van der Waals surface area contributed by atoms with E-state index in [4.69, 9.17) is 27.9 Å². The quantitative estimate of drug-likeness (QED) is 0.586. The monoisotopic (exact) mass is 409 g/mol. The summed E-state index contributed by atoms with van der Waals surface area (Å²) in [7, 11) is 0. The van der Waals surface area contributed by atoms with Gasteiger partial charge in [-0.25, -0.2) is 0 Å². The third kappa shape index (κ3) is 4.63. The number of aromatic hydroxyl groups is 2. The lowest BCUT2D eigenvalue weighted by Crippen LogP contribution is -2.32. The predicted octanol–water partition coefficient (Wildman–Crippen LogP) is 5.23. The van der Waals surface area contributed by atoms with Crippen molar-refractivity contribution in [3.05, 3.63) is 51.5 Å². The number of phenolic OH excluding ortho intramolecular Hbond substituents is 2. The fourth-order valence-corrected chi connectivity index (χ4v) is 4.27. The Balaban J connectivity index is 1.62. The Bertz CT molecular complexity index is 777. The average Bonchev–Trinajstić information content (AvgIpc) is 3.04. The molecule has 2 aromatic carbocycles. The Morgan fingerprint density at radius 2 is 1.85 bits per heavy atom. The van der Waals surface area contributed by atoms with Crippen LogP contribution < -0.4 is 4.74 Å². The molecule has 0 spiro atoms. The van der Waals surface area contributed by atoms with Crippen molar-refractivity contribution in [2.45, 2.75) is 32.1 Å². The van der Waals surface area contributed by atoms with Crippen LogP contribution in [0.2, 0.25) is 10.0 Å². The van der Waals surface area contributed by atoms with Crippen LogP contribution >= 0.6 is 23.2 Å². The molecule has 1 aliphatic carbocycles. The summed E-state index contributed by atoms with van der Waals surface area (Å²) in [6.07, 6.45) is 2.82. The molecule has 146 valence electrons. The zero-order valence-corrected chi connectivity index (χ0v) is 16.9. The number of para-hydroxylation sites is 1. The summed E-state index contributed by atoms with van der Waals surface area (Å²) in [6, 6.07) is 8.85. The molecule has 0 radical (unpaired) electrons. The van der Waals surface area contributed by atoms with Crippen molar-refractivity contribution in [1.82, 2.24) is 4.90 Å². The van der Waals surface area contributed by atoms with Gasteiger partial charge < -0.3 is 14.9 Å². The van der Waals surface area contributed by atoms with E-state index in [1.807, 2.05) is 6.07 Å². The zero-order valence-electron chi connectivity index (χ0n) is 15.4. The number of hydrogen-bond acceptors (Lipinski definition) is 4. The molecule has 0 aliphatic heterocycles. The lowest BCUT2D eigenvalue weighted by molar-refractivity contribution is 0.199. The van der Waals surface area contributed by atoms with Crippen LogP contribution in [0, 0.1) is 0 Å². The number of ether oxygens (including phenoxy) is 1. The SMILES string of the molecule is CCCN(CCOc1c(Cl)cccc1Cl)CC1CCc2c1ccc(O)c2O. The summed E-state index contributed by atoms with van der Waals surface area (Å²) in [5.41, 5.74) is 2.03. The Morgan fingerprint density at radius 1 is 1.11 bits per heavy atom. The van der Waals surface area contributed by atoms with Gasteiger partial charge in [0.05, 0.1) is 10.0 Å². The summed E-state index contributed by atoms with van der Waals surface area (Å²) in [5.74, 6) is 0.879. The van der Waals surface area contributed by atoms with E-state index in [1.54, 1.807) is 24.3 Å². The van der Waals surface area contributed by atoms with Gasteiger partial charge in [-0.15, -0.1) is 0 Å². The minimum atomic E-state index is -0.0372. The van der Waals surface area contributed by atoms with Crippen molar-refractivity contribution >= 4 is 23.2 Å². The van der Waals surface area contributed by atoms with Crippen molar-refractivity contribution in [3.63, 3.8) is 0 Å². The van der Waals surface area contributed by atoms with Crippen molar-refractivity contribution in [3.8, 4) is 17.2 Å². The van der Waals surface area contributed by atoms with Crippen LogP contribution in [0.3, 0.4) is 0 Å². The maximum absolute atomic E-state index is 10.1. The first-order valence-corrected chi connectivity index (χ1v) is 10.1. The maximum atomic E-state index is 10.1. The maximum Gasteiger partial charge on any atom is 0.160 e. The lowest BCUT2D eigenvalue weighted by atomic mass is 10.00. The number of hydrogen-bond donors (Lipinski definition) is 2. The van der Waals surface area contributed by atoms with E-state index in [1.165, 1.54) is 0 Å². The second kappa shape index (κ2) is 9.05. The minimum Gasteiger partial charge on any atom is -0.504 e. The summed E-state index contributed by atoms with van der Waals surface area (Å²) in [6.45, 7) is 5.29. The molecular formula is C21H25Cl2NO3. The molecule has 3 rings (SSSR count). The fourth-order valence-electron chi connectivity index (χ4n) is 3.77. The molecule has 1 unspecified atom stereocenters. The Kier molecular flexibility index (Phi) is 6.74. The van der Waals surface area contributed by atoms with Crippen molar-refractivity contribution < 1.29 is 14.9 Å². The molecule has 1 atom stereocenters. The highest BCUT2D eigenvalue weighted by Gasteiger charge is 2.27. The van der Waals surface area contributed by atoms with Crippen molar-refractivity contribution in [1.29, 1.82) is 0 Å². The van der Waals surface area contributed by atoms with Crippen LogP contribution in [0.4, 0.5) is 0 Å². The topological polar surface area (TPSA) is 52.9 Å². The molecule has 27 heavy (non-hydrogen) atoms. The predicted molar refractivity (Wildman–Crippen MR) is 110 cm³/mol. The van der Waals surface area contributed by atoms with Gasteiger partial charge in [0.25, 0.3) is 0 Å². The molecule has 0 saturated carbocycles. The van der Waals surface area contributed by atoms with Crippen LogP contribution in [0.1, 0.15) is 36.8 Å². The first kappa shape index (κ1) is 20.1. The fraction of sp³-hybridized carbons (Fsp3) is 0.429. The minimum absolute atomic E-state index is 0.0359. The standard InChI is InChI=1S/C21H25Cl2NO3/c1-2-10-24(11-12-27-21-17(22)4-3-5-18(21)23)13-14-6-7-16-15(14)8-9-19(25)20(16)26/h3-5,8-9,14,25-26H,2,6-7,10-13H2,1H3. The molecule has 2 aromatic rings. The first-order valence-electron chi connectivity index (χ1n) is 9.34. The van der Waals surface area contributed by atoms with E-state index in [0.29, 0.717) is 28.3 Å². The van der Waals surface area contributed by atoms with Crippen LogP contribution in [0.15, 0.2) is 30.3 Å². The molecule has 0 heterocycles. The van der Waals surface area contributed by atoms with Crippen LogP contribution in [-0.4, -0.2) is 41.4 Å². The molecule has 1 aliphatic rings. The average molecular weight is 410 g/mol. The molecule has 0 saturated heterocycles. The van der Waals surface area contributed by atoms with Gasteiger partial charge in [-0.05, 0) is 55.5 Å². The molecular weight excluding hydrogens is 385 g/mol. The molecule has 0 amide bonds. The summed E-state index contributed by atoms with van der Waals surface area (Å²) >= 11 is 12.3. The van der Waals surface area contributed by atoms with Gasteiger partial charge in [-0.2, -0.15) is 0 Å². The van der Waals surface area contributed by atoms with E-state index < -0.39 is 0 Å². The van der Waals surface area contributed by atoms with Crippen molar-refractivity contribution in [2.24, 2.45) is 0 Å². The number of phenols is 2. The third-order valence-corrected chi connectivity index (χ3v) is 5.67. The van der Waals surface area contributed by atoms with Gasteiger partial charge in [-0.3, -0.25) is 4.90 Å². The smallest absolute Gasteiger partial charge is 0.160 e. The number of fused-ring (bicyclic) bond motifs is 1. The van der Waals surface area contributed by atoms with Gasteiger partial charge >= 0.3 is 0 Å². The molecule has 0 aromatic heterocycles. The summed E-state index contributed by atoms with van der Waals surface area (Å²) in [4.78, 5) is 2.37. The molecule has 2 N–H and O–H groups in total. The van der Waals surface area contributed by atoms with Crippen LogP contribution in [0.5, 0.6) is 17.2 Å². The molecule has 0 fully saturated rings. The molecule has 4 nitrogen and oxygen atoms in total.